The fourth-order valence-electron chi connectivity index (χ4n) is 2.57. The predicted octanol–water partition coefficient (Wildman–Crippen LogP) is 3.60. The van der Waals surface area contributed by atoms with Crippen molar-refractivity contribution in [3.8, 4) is 10.8 Å². The average Bonchev–Trinajstić information content (AvgIpc) is 3.31. The molecular weight excluding hydrogens is 322 g/mol. The van der Waals surface area contributed by atoms with E-state index in [-0.39, 0.29) is 12.1 Å². The molecule has 24 heavy (non-hydrogen) atoms. The number of aromatic nitrogens is 4. The Bertz CT molecular complexity index is 777. The maximum Gasteiger partial charge on any atom is 0.257 e. The van der Waals surface area contributed by atoms with Crippen molar-refractivity contribution in [2.45, 2.75) is 52.7 Å². The number of thiophene rings is 1. The van der Waals surface area contributed by atoms with Crippen LogP contribution in [-0.2, 0) is 13.0 Å². The Labute approximate surface area is 145 Å². The molecule has 0 amide bonds. The van der Waals surface area contributed by atoms with E-state index in [0.717, 1.165) is 11.3 Å². The summed E-state index contributed by atoms with van der Waals surface area (Å²) < 4.78 is 7.75. The van der Waals surface area contributed by atoms with Crippen LogP contribution < -0.4 is 5.32 Å². The molecule has 3 heterocycles. The molecule has 0 aromatic carbocycles. The van der Waals surface area contributed by atoms with Crippen molar-refractivity contribution >= 4 is 11.3 Å². The van der Waals surface area contributed by atoms with Gasteiger partial charge >= 0.3 is 0 Å². The molecule has 0 spiro atoms. The average molecular weight is 345 g/mol. The first-order chi connectivity index (χ1) is 11.6. The van der Waals surface area contributed by atoms with Gasteiger partial charge in [-0.3, -0.25) is 4.68 Å². The van der Waals surface area contributed by atoms with E-state index in [1.807, 2.05) is 16.9 Å². The van der Waals surface area contributed by atoms with E-state index in [0.29, 0.717) is 18.3 Å². The summed E-state index contributed by atoms with van der Waals surface area (Å²) in [6.45, 7) is 9.08. The summed E-state index contributed by atoms with van der Waals surface area (Å²) in [7, 11) is 0. The highest BCUT2D eigenvalue weighted by Gasteiger charge is 2.16. The highest BCUT2D eigenvalue weighted by atomic mass is 32.1. The number of aryl methyl sites for hydroxylation is 2. The van der Waals surface area contributed by atoms with Crippen molar-refractivity contribution in [2.75, 3.05) is 0 Å². The topological polar surface area (TPSA) is 68.8 Å². The Kier molecular flexibility index (Phi) is 5.11. The van der Waals surface area contributed by atoms with Crippen molar-refractivity contribution in [3.05, 3.63) is 40.9 Å². The van der Waals surface area contributed by atoms with Crippen LogP contribution in [0.1, 0.15) is 43.1 Å². The normalized spacial score (nSPS) is 14.0. The molecule has 0 aliphatic rings. The monoisotopic (exact) mass is 345 g/mol. The molecule has 0 unspecified atom stereocenters. The van der Waals surface area contributed by atoms with E-state index in [1.165, 1.54) is 10.4 Å². The summed E-state index contributed by atoms with van der Waals surface area (Å²) in [6, 6.07) is 4.53. The molecule has 0 saturated carbocycles. The summed E-state index contributed by atoms with van der Waals surface area (Å²) in [4.78, 5) is 2.41. The van der Waals surface area contributed by atoms with E-state index in [9.17, 15) is 0 Å². The first-order valence-corrected chi connectivity index (χ1v) is 9.04. The lowest BCUT2D eigenvalue weighted by Crippen LogP contribution is -2.33. The quantitative estimate of drug-likeness (QED) is 0.708. The van der Waals surface area contributed by atoms with Gasteiger partial charge in [-0.05, 0) is 44.9 Å². The van der Waals surface area contributed by atoms with Gasteiger partial charge in [-0.1, -0.05) is 6.92 Å². The van der Waals surface area contributed by atoms with Crippen LogP contribution in [0.2, 0.25) is 0 Å². The van der Waals surface area contributed by atoms with Crippen LogP contribution in [0.4, 0.5) is 0 Å². The lowest BCUT2D eigenvalue weighted by atomic mass is 10.2. The Hall–Kier alpha value is -1.99. The van der Waals surface area contributed by atoms with Crippen LogP contribution in [0.15, 0.2) is 28.9 Å². The first kappa shape index (κ1) is 16.9. The maximum absolute atomic E-state index is 5.81. The second kappa shape index (κ2) is 7.27. The van der Waals surface area contributed by atoms with Crippen molar-refractivity contribution < 1.29 is 4.42 Å². The second-order valence-electron chi connectivity index (χ2n) is 5.97. The van der Waals surface area contributed by atoms with Gasteiger partial charge in [0.1, 0.15) is 0 Å². The van der Waals surface area contributed by atoms with Gasteiger partial charge in [-0.15, -0.1) is 21.5 Å². The maximum atomic E-state index is 5.81. The summed E-state index contributed by atoms with van der Waals surface area (Å²) in [5.74, 6) is 1.21. The number of nitrogens with zero attached hydrogens (tertiary/aromatic N) is 4. The van der Waals surface area contributed by atoms with E-state index in [4.69, 9.17) is 4.42 Å². The van der Waals surface area contributed by atoms with Crippen molar-refractivity contribution in [1.82, 2.24) is 25.3 Å². The van der Waals surface area contributed by atoms with E-state index in [2.05, 4.69) is 54.4 Å². The molecule has 2 atom stereocenters. The van der Waals surface area contributed by atoms with Gasteiger partial charge in [0.05, 0.1) is 17.5 Å². The summed E-state index contributed by atoms with van der Waals surface area (Å²) in [5.41, 5.74) is 1.29. The Morgan fingerprint density at radius 1 is 1.33 bits per heavy atom. The Morgan fingerprint density at radius 2 is 2.17 bits per heavy atom. The zero-order valence-electron chi connectivity index (χ0n) is 14.5. The number of hydrogen-bond donors (Lipinski definition) is 1. The van der Waals surface area contributed by atoms with E-state index in [1.54, 1.807) is 17.5 Å². The van der Waals surface area contributed by atoms with Crippen molar-refractivity contribution in [1.29, 1.82) is 0 Å². The molecule has 0 aliphatic carbocycles. The summed E-state index contributed by atoms with van der Waals surface area (Å²) in [6.07, 6.45) is 4.79. The molecule has 0 saturated heterocycles. The first-order valence-electron chi connectivity index (χ1n) is 8.23. The van der Waals surface area contributed by atoms with Gasteiger partial charge in [0.2, 0.25) is 5.89 Å². The molecule has 3 aromatic rings. The number of hydrogen-bond acceptors (Lipinski definition) is 6. The van der Waals surface area contributed by atoms with Gasteiger partial charge in [0, 0.05) is 23.3 Å². The van der Waals surface area contributed by atoms with Gasteiger partial charge in [-0.25, -0.2) is 0 Å². The predicted molar refractivity (Wildman–Crippen MR) is 95.0 cm³/mol. The fraction of sp³-hybridized carbons (Fsp3) is 0.471. The Balaban J connectivity index is 1.61. The molecule has 0 fully saturated rings. The smallest absolute Gasteiger partial charge is 0.257 e. The molecule has 7 heteroatoms. The van der Waals surface area contributed by atoms with Crippen LogP contribution in [-0.4, -0.2) is 26.0 Å². The van der Waals surface area contributed by atoms with Gasteiger partial charge in [0.25, 0.3) is 5.89 Å². The minimum absolute atomic E-state index is 0.232. The Morgan fingerprint density at radius 3 is 2.83 bits per heavy atom. The zero-order valence-corrected chi connectivity index (χ0v) is 15.3. The van der Waals surface area contributed by atoms with Crippen molar-refractivity contribution in [3.63, 3.8) is 0 Å². The zero-order chi connectivity index (χ0) is 17.1. The molecule has 6 nitrogen and oxygen atoms in total. The largest absolute Gasteiger partial charge is 0.419 e. The molecule has 0 aliphatic heterocycles. The van der Waals surface area contributed by atoms with Crippen LogP contribution >= 0.6 is 11.3 Å². The molecule has 3 aromatic heterocycles. The molecular formula is C17H23N5OS. The van der Waals surface area contributed by atoms with Crippen LogP contribution in [0.3, 0.4) is 0 Å². The third-order valence-corrected chi connectivity index (χ3v) is 5.63. The highest BCUT2D eigenvalue weighted by molar-refractivity contribution is 7.15. The fourth-order valence-corrected chi connectivity index (χ4v) is 3.61. The summed E-state index contributed by atoms with van der Waals surface area (Å²) >= 11 is 1.73. The third-order valence-electron chi connectivity index (χ3n) is 4.26. The van der Waals surface area contributed by atoms with Crippen LogP contribution in [0, 0.1) is 6.92 Å². The lowest BCUT2D eigenvalue weighted by molar-refractivity contribution is 0.349. The van der Waals surface area contributed by atoms with E-state index >= 15 is 0 Å². The lowest BCUT2D eigenvalue weighted by Gasteiger charge is -2.20. The number of nitrogens with one attached hydrogen (secondary N) is 1. The second-order valence-corrected chi connectivity index (χ2v) is 7.10. The summed E-state index contributed by atoms with van der Waals surface area (Å²) in [5, 5.41) is 16.0. The van der Waals surface area contributed by atoms with Crippen LogP contribution in [0.25, 0.3) is 10.8 Å². The minimum atomic E-state index is 0.232. The standard InChI is InChI=1S/C17H23N5OS/c1-5-14-11(2)9-15(24-14)17-21-20-16(23-17)10-18-12(3)13(4)22-8-6-7-19-22/h6-9,12-13,18H,5,10H2,1-4H3/t12-,13+/m1/s1. The highest BCUT2D eigenvalue weighted by Crippen LogP contribution is 2.30. The van der Waals surface area contributed by atoms with Crippen LogP contribution in [0.5, 0.6) is 0 Å². The van der Waals surface area contributed by atoms with E-state index < -0.39 is 0 Å². The molecule has 0 radical (unpaired) electrons. The molecule has 128 valence electrons. The van der Waals surface area contributed by atoms with Crippen molar-refractivity contribution in [2.24, 2.45) is 0 Å². The number of rotatable bonds is 7. The minimum Gasteiger partial charge on any atom is -0.419 e. The molecule has 3 rings (SSSR count). The van der Waals surface area contributed by atoms with Gasteiger partial charge in [0.15, 0.2) is 0 Å². The molecule has 0 bridgehead atoms. The third kappa shape index (κ3) is 3.57. The SMILES string of the molecule is CCc1sc(-c2nnc(CN[C@H](C)[C@H](C)n3cccn3)o2)cc1C. The van der Waals surface area contributed by atoms with Gasteiger partial charge in [-0.2, -0.15) is 5.10 Å². The molecule has 1 N–H and O–H groups in total. The van der Waals surface area contributed by atoms with Gasteiger partial charge < -0.3 is 9.73 Å².